The molecule has 0 unspecified atom stereocenters. The molecular weight excluding hydrogens is 319 g/mol. The van der Waals surface area contributed by atoms with E-state index in [1.165, 1.54) is 13.1 Å². The Balaban J connectivity index is 3.03. The van der Waals surface area contributed by atoms with Gasteiger partial charge in [-0.15, -0.1) is 11.3 Å². The third-order valence-electron chi connectivity index (χ3n) is 2.37. The minimum atomic E-state index is -3.71. The number of sulfonamides is 1. The average Bonchev–Trinajstić information content (AvgIpc) is 2.57. The molecule has 0 aliphatic rings. The second-order valence-electron chi connectivity index (χ2n) is 3.73. The van der Waals surface area contributed by atoms with Crippen LogP contribution in [0.2, 0.25) is 9.36 Å². The highest BCUT2D eigenvalue weighted by Gasteiger charge is 2.28. The first-order chi connectivity index (χ1) is 8.16. The molecule has 1 aromatic heterocycles. The molecule has 0 aromatic carbocycles. The summed E-state index contributed by atoms with van der Waals surface area (Å²) in [5.41, 5.74) is 5.04. The summed E-state index contributed by atoms with van der Waals surface area (Å²) < 4.78 is 25.7. The van der Waals surface area contributed by atoms with Crippen LogP contribution >= 0.6 is 34.5 Å². The molecule has 5 nitrogen and oxygen atoms in total. The molecule has 0 aliphatic heterocycles. The second kappa shape index (κ2) is 5.75. The lowest BCUT2D eigenvalue weighted by molar-refractivity contribution is -0.118. The molecule has 1 aromatic rings. The molecule has 0 aliphatic carbocycles. The second-order valence-corrected chi connectivity index (χ2v) is 8.01. The average molecular weight is 331 g/mol. The van der Waals surface area contributed by atoms with Crippen LogP contribution in [-0.4, -0.2) is 31.7 Å². The molecule has 0 radical (unpaired) electrons. The molecule has 2 N–H and O–H groups in total. The van der Waals surface area contributed by atoms with E-state index in [1.54, 1.807) is 6.92 Å². The molecule has 1 heterocycles. The normalized spacial score (nSPS) is 13.8. The van der Waals surface area contributed by atoms with E-state index in [1.807, 2.05) is 0 Å². The maximum absolute atomic E-state index is 12.2. The van der Waals surface area contributed by atoms with Crippen molar-refractivity contribution in [2.45, 2.75) is 23.6 Å². The fourth-order valence-electron chi connectivity index (χ4n) is 1.25. The van der Waals surface area contributed by atoms with E-state index in [2.05, 4.69) is 0 Å². The first kappa shape index (κ1) is 15.7. The highest BCUT2D eigenvalue weighted by atomic mass is 35.5. The van der Waals surface area contributed by atoms with Gasteiger partial charge in [0.25, 0.3) is 10.0 Å². The van der Waals surface area contributed by atoms with Crippen LogP contribution in [0, 0.1) is 0 Å². The van der Waals surface area contributed by atoms with Gasteiger partial charge in [0.15, 0.2) is 0 Å². The zero-order chi connectivity index (χ0) is 14.1. The maximum atomic E-state index is 12.2. The number of carbonyl (C=O) groups is 1. The Morgan fingerprint density at radius 2 is 2.11 bits per heavy atom. The summed E-state index contributed by atoms with van der Waals surface area (Å²) in [5, 5.41) is 0.191. The number of carbonyl (C=O) groups excluding carboxylic acids is 1. The summed E-state index contributed by atoms with van der Waals surface area (Å²) in [7, 11) is -2.33. The number of nitrogens with two attached hydrogens (primary N) is 1. The van der Waals surface area contributed by atoms with Crippen LogP contribution in [-0.2, 0) is 14.8 Å². The summed E-state index contributed by atoms with van der Waals surface area (Å²) in [6, 6.07) is 0.754. The SMILES string of the molecule is C[C@@H](CC(N)=O)N(C)S(=O)(=O)c1cc(Cl)c(Cl)s1. The molecular formula is C9H12Cl2N2O3S2. The fourth-order valence-corrected chi connectivity index (χ4v) is 4.68. The Kier molecular flexibility index (Phi) is 5.02. The fraction of sp³-hybridized carbons (Fsp3) is 0.444. The first-order valence-electron chi connectivity index (χ1n) is 4.87. The zero-order valence-corrected chi connectivity index (χ0v) is 12.8. The molecule has 0 saturated heterocycles. The van der Waals surface area contributed by atoms with Gasteiger partial charge in [0.05, 0.1) is 5.02 Å². The minimum absolute atomic E-state index is 0.0383. The van der Waals surface area contributed by atoms with E-state index in [9.17, 15) is 13.2 Å². The predicted octanol–water partition coefficient (Wildman–Crippen LogP) is 1.94. The van der Waals surface area contributed by atoms with E-state index >= 15 is 0 Å². The number of nitrogens with zero attached hydrogens (tertiary/aromatic N) is 1. The predicted molar refractivity (Wildman–Crippen MR) is 72.6 cm³/mol. The lowest BCUT2D eigenvalue weighted by atomic mass is 10.2. The van der Waals surface area contributed by atoms with E-state index in [0.717, 1.165) is 15.6 Å². The Labute approximate surface area is 120 Å². The standard InChI is InChI=1S/C9H12Cl2N2O3S2/c1-5(3-7(12)14)13(2)18(15,16)8-4-6(10)9(11)17-8/h4-5H,3H2,1-2H3,(H2,12,14)/t5-/m0/s1. The van der Waals surface area contributed by atoms with E-state index < -0.39 is 22.0 Å². The van der Waals surface area contributed by atoms with Gasteiger partial charge in [-0.25, -0.2) is 8.42 Å². The van der Waals surface area contributed by atoms with Gasteiger partial charge in [-0.05, 0) is 13.0 Å². The number of rotatable bonds is 5. The van der Waals surface area contributed by atoms with E-state index in [0.29, 0.717) is 0 Å². The van der Waals surface area contributed by atoms with Crippen LogP contribution in [0.15, 0.2) is 10.3 Å². The molecule has 0 fully saturated rings. The molecule has 1 rings (SSSR count). The summed E-state index contributed by atoms with van der Waals surface area (Å²) in [6.07, 6.45) is -0.0530. The third-order valence-corrected chi connectivity index (χ3v) is 6.66. The van der Waals surface area contributed by atoms with E-state index in [4.69, 9.17) is 28.9 Å². The van der Waals surface area contributed by atoms with Crippen molar-refractivity contribution in [3.8, 4) is 0 Å². The van der Waals surface area contributed by atoms with Gasteiger partial charge in [-0.1, -0.05) is 23.2 Å². The molecule has 0 saturated carbocycles. The number of amides is 1. The molecule has 18 heavy (non-hydrogen) atoms. The number of primary amides is 1. The molecule has 0 spiro atoms. The Morgan fingerprint density at radius 1 is 1.56 bits per heavy atom. The molecule has 0 bridgehead atoms. The highest BCUT2D eigenvalue weighted by molar-refractivity contribution is 7.91. The van der Waals surface area contributed by atoms with Crippen LogP contribution in [0.4, 0.5) is 0 Å². The van der Waals surface area contributed by atoms with Crippen molar-refractivity contribution in [1.82, 2.24) is 4.31 Å². The number of halogens is 2. The van der Waals surface area contributed by atoms with Crippen molar-refractivity contribution >= 4 is 50.5 Å². The van der Waals surface area contributed by atoms with Crippen molar-refractivity contribution < 1.29 is 13.2 Å². The number of hydrogen-bond acceptors (Lipinski definition) is 4. The largest absolute Gasteiger partial charge is 0.370 e. The van der Waals surface area contributed by atoms with Gasteiger partial charge in [-0.2, -0.15) is 4.31 Å². The van der Waals surface area contributed by atoms with Crippen molar-refractivity contribution in [1.29, 1.82) is 0 Å². The molecule has 1 atom stereocenters. The van der Waals surface area contributed by atoms with Gasteiger partial charge in [-0.3, -0.25) is 4.79 Å². The van der Waals surface area contributed by atoms with Crippen molar-refractivity contribution in [3.05, 3.63) is 15.4 Å². The van der Waals surface area contributed by atoms with Crippen LogP contribution < -0.4 is 5.73 Å². The van der Waals surface area contributed by atoms with Crippen molar-refractivity contribution in [2.75, 3.05) is 7.05 Å². The van der Waals surface area contributed by atoms with Crippen molar-refractivity contribution in [3.63, 3.8) is 0 Å². The summed E-state index contributed by atoms with van der Waals surface area (Å²) >= 11 is 12.3. The monoisotopic (exact) mass is 330 g/mol. The van der Waals surface area contributed by atoms with Crippen LogP contribution in [0.1, 0.15) is 13.3 Å². The summed E-state index contributed by atoms with van der Waals surface area (Å²) in [5.74, 6) is -0.563. The van der Waals surface area contributed by atoms with Gasteiger partial charge in [0, 0.05) is 19.5 Å². The Bertz CT molecular complexity index is 537. The molecule has 102 valence electrons. The minimum Gasteiger partial charge on any atom is -0.370 e. The molecule has 1 amide bonds. The van der Waals surface area contributed by atoms with Gasteiger partial charge in [0.1, 0.15) is 8.55 Å². The number of hydrogen-bond donors (Lipinski definition) is 1. The quantitative estimate of drug-likeness (QED) is 0.895. The third kappa shape index (κ3) is 3.36. The van der Waals surface area contributed by atoms with Gasteiger partial charge >= 0.3 is 0 Å². The summed E-state index contributed by atoms with van der Waals surface area (Å²) in [6.45, 7) is 1.60. The molecule has 9 heteroatoms. The highest BCUT2D eigenvalue weighted by Crippen LogP contribution is 2.35. The van der Waals surface area contributed by atoms with E-state index in [-0.39, 0.29) is 20.0 Å². The topological polar surface area (TPSA) is 80.5 Å². The van der Waals surface area contributed by atoms with Gasteiger partial charge in [0.2, 0.25) is 5.91 Å². The maximum Gasteiger partial charge on any atom is 0.252 e. The Morgan fingerprint density at radius 3 is 2.50 bits per heavy atom. The zero-order valence-electron chi connectivity index (χ0n) is 9.68. The lowest BCUT2D eigenvalue weighted by Gasteiger charge is -2.22. The van der Waals surface area contributed by atoms with Crippen LogP contribution in [0.25, 0.3) is 0 Å². The smallest absolute Gasteiger partial charge is 0.252 e. The summed E-state index contributed by atoms with van der Waals surface area (Å²) in [4.78, 5) is 10.8. The van der Waals surface area contributed by atoms with Crippen LogP contribution in [0.5, 0.6) is 0 Å². The van der Waals surface area contributed by atoms with Crippen LogP contribution in [0.3, 0.4) is 0 Å². The van der Waals surface area contributed by atoms with Crippen molar-refractivity contribution in [2.24, 2.45) is 5.73 Å². The van der Waals surface area contributed by atoms with Gasteiger partial charge < -0.3 is 5.73 Å². The first-order valence-corrected chi connectivity index (χ1v) is 7.88. The lowest BCUT2D eigenvalue weighted by Crippen LogP contribution is -2.37. The Hall–Kier alpha value is -0.340. The number of thiophene rings is 1.